The molecular weight excluding hydrogens is 241 g/mol. The van der Waals surface area contributed by atoms with Crippen LogP contribution >= 0.6 is 7.92 Å². The number of alkyl halides is 6. The lowest BCUT2D eigenvalue weighted by Crippen LogP contribution is -2.13. The molecule has 0 atom stereocenters. The summed E-state index contributed by atoms with van der Waals surface area (Å²) in [7, 11) is -1.13. The first-order valence-corrected chi connectivity index (χ1v) is 6.39. The minimum absolute atomic E-state index is 0.147. The number of hydrogen-bond acceptors (Lipinski definition) is 0. The normalized spacial score (nSPS) is 13.6. The topological polar surface area (TPSA) is 0 Å². The molecule has 0 rings (SSSR count). The smallest absolute Gasteiger partial charge is 0.171 e. The summed E-state index contributed by atoms with van der Waals surface area (Å²) in [5.74, 6) is 0. The van der Waals surface area contributed by atoms with Crippen molar-refractivity contribution in [1.82, 2.24) is 0 Å². The van der Waals surface area contributed by atoms with Crippen molar-refractivity contribution >= 4 is 7.92 Å². The maximum Gasteiger partial charge on any atom is 0.389 e. The molecule has 15 heavy (non-hydrogen) atoms. The molecule has 0 heterocycles. The predicted molar refractivity (Wildman–Crippen MR) is 48.5 cm³/mol. The Balaban J connectivity index is 3.84. The number of halogens is 6. The molecule has 0 aromatic heterocycles. The Labute approximate surface area is 85.8 Å². The number of hydrogen-bond donors (Lipinski definition) is 0. The average molecular weight is 254 g/mol. The van der Waals surface area contributed by atoms with Gasteiger partial charge in [-0.2, -0.15) is 26.3 Å². The van der Waals surface area contributed by atoms with Gasteiger partial charge in [-0.3, -0.25) is 0 Å². The van der Waals surface area contributed by atoms with Crippen LogP contribution in [0.25, 0.3) is 0 Å². The van der Waals surface area contributed by atoms with Crippen LogP contribution < -0.4 is 0 Å². The zero-order valence-electron chi connectivity index (χ0n) is 8.25. The van der Waals surface area contributed by atoms with Crippen LogP contribution in [0.15, 0.2) is 0 Å². The molecular formula is C8H13F6P. The van der Waals surface area contributed by atoms with Crippen molar-refractivity contribution < 1.29 is 26.3 Å². The Bertz CT molecular complexity index is 155. The molecule has 0 aromatic carbocycles. The van der Waals surface area contributed by atoms with Crippen LogP contribution in [0.4, 0.5) is 26.3 Å². The largest absolute Gasteiger partial charge is 0.389 e. The standard InChI is InChI=1S/C8H13F6P/c1-2-15(5-3-7(9,10)11)6-4-8(12,13)14/h2-6H2,1H3. The van der Waals surface area contributed by atoms with Crippen molar-refractivity contribution in [2.75, 3.05) is 18.5 Å². The lowest BCUT2D eigenvalue weighted by molar-refractivity contribution is -0.130. The average Bonchev–Trinajstić information content (AvgIpc) is 2.00. The zero-order chi connectivity index (χ0) is 12.1. The van der Waals surface area contributed by atoms with Crippen molar-refractivity contribution in [1.29, 1.82) is 0 Å². The maximum atomic E-state index is 11.8. The molecule has 0 unspecified atom stereocenters. The van der Waals surface area contributed by atoms with Crippen molar-refractivity contribution in [2.24, 2.45) is 0 Å². The summed E-state index contributed by atoms with van der Waals surface area (Å²) in [6.07, 6.45) is -10.3. The maximum absolute atomic E-state index is 11.8. The molecule has 0 aromatic rings. The van der Waals surface area contributed by atoms with Gasteiger partial charge in [0.05, 0.1) is 0 Å². The number of rotatable bonds is 5. The van der Waals surface area contributed by atoms with Crippen LogP contribution in [-0.4, -0.2) is 30.8 Å². The summed E-state index contributed by atoms with van der Waals surface area (Å²) in [4.78, 5) is 0. The molecule has 0 saturated carbocycles. The van der Waals surface area contributed by atoms with E-state index < -0.39 is 33.1 Å². The first kappa shape index (κ1) is 15.0. The second-order valence-corrected chi connectivity index (χ2v) is 6.03. The fraction of sp³-hybridized carbons (Fsp3) is 1.00. The van der Waals surface area contributed by atoms with Crippen LogP contribution in [0.1, 0.15) is 19.8 Å². The molecule has 7 heteroatoms. The molecule has 0 N–H and O–H groups in total. The summed E-state index contributed by atoms with van der Waals surface area (Å²) < 4.78 is 70.9. The van der Waals surface area contributed by atoms with E-state index in [-0.39, 0.29) is 12.3 Å². The Kier molecular flexibility index (Phi) is 5.93. The lowest BCUT2D eigenvalue weighted by Gasteiger charge is -2.17. The summed E-state index contributed by atoms with van der Waals surface area (Å²) in [5.41, 5.74) is 0. The fourth-order valence-corrected chi connectivity index (χ4v) is 2.99. The highest BCUT2D eigenvalue weighted by molar-refractivity contribution is 7.57. The molecule has 0 spiro atoms. The van der Waals surface area contributed by atoms with E-state index in [0.29, 0.717) is 6.16 Å². The highest BCUT2D eigenvalue weighted by Gasteiger charge is 2.30. The van der Waals surface area contributed by atoms with Crippen molar-refractivity contribution in [3.63, 3.8) is 0 Å². The minimum atomic E-state index is -4.26. The van der Waals surface area contributed by atoms with Crippen LogP contribution in [0.5, 0.6) is 0 Å². The van der Waals surface area contributed by atoms with Crippen LogP contribution in [0, 0.1) is 0 Å². The second-order valence-electron chi connectivity index (χ2n) is 3.16. The molecule has 0 radical (unpaired) electrons. The zero-order valence-corrected chi connectivity index (χ0v) is 9.14. The Morgan fingerprint density at radius 2 is 1.13 bits per heavy atom. The Morgan fingerprint density at radius 1 is 0.800 bits per heavy atom. The molecule has 0 aliphatic heterocycles. The van der Waals surface area contributed by atoms with Crippen molar-refractivity contribution in [2.45, 2.75) is 32.1 Å². The van der Waals surface area contributed by atoms with Gasteiger partial charge in [-0.05, 0) is 18.5 Å². The van der Waals surface area contributed by atoms with E-state index in [4.69, 9.17) is 0 Å². The van der Waals surface area contributed by atoms with Gasteiger partial charge in [0.2, 0.25) is 0 Å². The second kappa shape index (κ2) is 5.92. The van der Waals surface area contributed by atoms with Crippen molar-refractivity contribution in [3.05, 3.63) is 0 Å². The SMILES string of the molecule is CCP(CCC(F)(F)F)CCC(F)(F)F. The van der Waals surface area contributed by atoms with Gasteiger partial charge in [-0.15, -0.1) is 7.92 Å². The summed E-state index contributed by atoms with van der Waals surface area (Å²) in [5, 5.41) is 0. The molecule has 0 amide bonds. The van der Waals surface area contributed by atoms with Gasteiger partial charge in [0.1, 0.15) is 0 Å². The first-order valence-electron chi connectivity index (χ1n) is 4.50. The van der Waals surface area contributed by atoms with E-state index in [2.05, 4.69) is 0 Å². The van der Waals surface area contributed by atoms with Gasteiger partial charge in [-0.25, -0.2) is 0 Å². The molecule has 0 fully saturated rings. The van der Waals surface area contributed by atoms with Crippen LogP contribution in [-0.2, 0) is 0 Å². The predicted octanol–water partition coefficient (Wildman–Crippen LogP) is 4.39. The van der Waals surface area contributed by atoms with E-state index in [0.717, 1.165) is 0 Å². The van der Waals surface area contributed by atoms with Gasteiger partial charge in [0, 0.05) is 12.8 Å². The third-order valence-corrected chi connectivity index (χ3v) is 4.48. The molecule has 0 aliphatic carbocycles. The Morgan fingerprint density at radius 3 is 1.33 bits per heavy atom. The van der Waals surface area contributed by atoms with Crippen LogP contribution in [0.2, 0.25) is 0 Å². The summed E-state index contributed by atoms with van der Waals surface area (Å²) >= 11 is 0. The third kappa shape index (κ3) is 10.3. The fourth-order valence-electron chi connectivity index (χ4n) is 0.998. The third-order valence-electron chi connectivity index (χ3n) is 1.87. The monoisotopic (exact) mass is 254 g/mol. The van der Waals surface area contributed by atoms with Crippen molar-refractivity contribution in [3.8, 4) is 0 Å². The van der Waals surface area contributed by atoms with E-state index in [1.807, 2.05) is 0 Å². The molecule has 0 saturated heterocycles. The summed E-state index contributed by atoms with van der Waals surface area (Å²) in [6.45, 7) is 1.64. The molecule has 0 nitrogen and oxygen atoms in total. The van der Waals surface area contributed by atoms with Gasteiger partial charge in [-0.1, -0.05) is 6.92 Å². The van der Waals surface area contributed by atoms with E-state index in [9.17, 15) is 26.3 Å². The lowest BCUT2D eigenvalue weighted by atomic mass is 10.5. The molecule has 0 bridgehead atoms. The first-order chi connectivity index (χ1) is 6.64. The van der Waals surface area contributed by atoms with Gasteiger partial charge < -0.3 is 0 Å². The van der Waals surface area contributed by atoms with E-state index in [1.165, 1.54) is 0 Å². The van der Waals surface area contributed by atoms with E-state index >= 15 is 0 Å². The molecule has 92 valence electrons. The highest BCUT2D eigenvalue weighted by Crippen LogP contribution is 2.41. The Hall–Kier alpha value is 0.01000. The van der Waals surface area contributed by atoms with E-state index in [1.54, 1.807) is 6.92 Å². The minimum Gasteiger partial charge on any atom is -0.171 e. The molecule has 0 aliphatic rings. The quantitative estimate of drug-likeness (QED) is 0.504. The van der Waals surface area contributed by atoms with Gasteiger partial charge in [0.15, 0.2) is 0 Å². The van der Waals surface area contributed by atoms with Crippen LogP contribution in [0.3, 0.4) is 0 Å². The highest BCUT2D eigenvalue weighted by atomic mass is 31.1. The summed E-state index contributed by atoms with van der Waals surface area (Å²) in [6, 6.07) is 0. The van der Waals surface area contributed by atoms with Gasteiger partial charge in [0.25, 0.3) is 0 Å². The van der Waals surface area contributed by atoms with Gasteiger partial charge >= 0.3 is 12.4 Å².